The number of carboxylic acid groups (broad SMARTS) is 1. The SMILES string of the molecule is CC1C(C#N)CCN1C(=O)O. The lowest BCUT2D eigenvalue weighted by Gasteiger charge is -2.17. The van der Waals surface area contributed by atoms with Gasteiger partial charge in [0, 0.05) is 12.6 Å². The lowest BCUT2D eigenvalue weighted by atomic mass is 10.0. The first-order valence-electron chi connectivity index (χ1n) is 3.56. The van der Waals surface area contributed by atoms with Crippen molar-refractivity contribution in [2.45, 2.75) is 19.4 Å². The summed E-state index contributed by atoms with van der Waals surface area (Å²) in [5, 5.41) is 17.2. The Morgan fingerprint density at radius 2 is 2.45 bits per heavy atom. The topological polar surface area (TPSA) is 64.3 Å². The summed E-state index contributed by atoms with van der Waals surface area (Å²) in [6, 6.07) is 1.95. The van der Waals surface area contributed by atoms with Crippen molar-refractivity contribution < 1.29 is 9.90 Å². The molecule has 4 nitrogen and oxygen atoms in total. The molecule has 2 atom stereocenters. The summed E-state index contributed by atoms with van der Waals surface area (Å²) >= 11 is 0. The van der Waals surface area contributed by atoms with Gasteiger partial charge in [0.25, 0.3) is 0 Å². The van der Waals surface area contributed by atoms with Crippen LogP contribution in [-0.2, 0) is 0 Å². The highest BCUT2D eigenvalue weighted by atomic mass is 16.4. The maximum atomic E-state index is 10.5. The normalized spacial score (nSPS) is 30.0. The van der Waals surface area contributed by atoms with Crippen LogP contribution in [0.5, 0.6) is 0 Å². The lowest BCUT2D eigenvalue weighted by Crippen LogP contribution is -2.34. The molecule has 2 unspecified atom stereocenters. The van der Waals surface area contributed by atoms with E-state index in [-0.39, 0.29) is 12.0 Å². The summed E-state index contributed by atoms with van der Waals surface area (Å²) in [6.07, 6.45) is -0.250. The second-order valence-electron chi connectivity index (χ2n) is 2.74. The second kappa shape index (κ2) is 2.79. The average molecular weight is 154 g/mol. The molecular formula is C7H10N2O2. The third kappa shape index (κ3) is 1.27. The van der Waals surface area contributed by atoms with Crippen LogP contribution in [-0.4, -0.2) is 28.7 Å². The molecule has 0 aliphatic carbocycles. The third-order valence-corrected chi connectivity index (χ3v) is 2.17. The standard InChI is InChI=1S/C7H10N2O2/c1-5-6(4-8)2-3-9(5)7(10)11/h5-6H,2-3H2,1H3,(H,10,11). The Kier molecular flexibility index (Phi) is 1.99. The predicted octanol–water partition coefficient (Wildman–Crippen LogP) is 0.898. The van der Waals surface area contributed by atoms with Crippen molar-refractivity contribution >= 4 is 6.09 Å². The molecule has 0 radical (unpaired) electrons. The lowest BCUT2D eigenvalue weighted by molar-refractivity contribution is 0.141. The zero-order valence-electron chi connectivity index (χ0n) is 6.32. The van der Waals surface area contributed by atoms with Crippen LogP contribution < -0.4 is 0 Å². The van der Waals surface area contributed by atoms with Crippen LogP contribution >= 0.6 is 0 Å². The van der Waals surface area contributed by atoms with Crippen molar-refractivity contribution in [3.8, 4) is 6.07 Å². The van der Waals surface area contributed by atoms with Gasteiger partial charge in [0.15, 0.2) is 0 Å². The van der Waals surface area contributed by atoms with E-state index in [2.05, 4.69) is 6.07 Å². The van der Waals surface area contributed by atoms with Crippen molar-refractivity contribution in [2.75, 3.05) is 6.54 Å². The maximum Gasteiger partial charge on any atom is 0.407 e. The molecule has 1 heterocycles. The van der Waals surface area contributed by atoms with E-state index in [4.69, 9.17) is 10.4 Å². The van der Waals surface area contributed by atoms with Crippen LogP contribution in [0.25, 0.3) is 0 Å². The number of rotatable bonds is 0. The fourth-order valence-electron chi connectivity index (χ4n) is 1.38. The second-order valence-corrected chi connectivity index (χ2v) is 2.74. The van der Waals surface area contributed by atoms with E-state index >= 15 is 0 Å². The molecule has 1 fully saturated rings. The number of amides is 1. The molecule has 11 heavy (non-hydrogen) atoms. The first-order valence-corrected chi connectivity index (χ1v) is 3.56. The molecule has 4 heteroatoms. The first-order chi connectivity index (χ1) is 5.16. The van der Waals surface area contributed by atoms with Gasteiger partial charge < -0.3 is 10.0 Å². The van der Waals surface area contributed by atoms with Crippen LogP contribution in [0.15, 0.2) is 0 Å². The molecule has 1 aliphatic rings. The smallest absolute Gasteiger partial charge is 0.407 e. The average Bonchev–Trinajstić information content (AvgIpc) is 2.30. The van der Waals surface area contributed by atoms with Gasteiger partial charge >= 0.3 is 6.09 Å². The molecule has 1 saturated heterocycles. The van der Waals surface area contributed by atoms with Crippen molar-refractivity contribution in [3.05, 3.63) is 0 Å². The van der Waals surface area contributed by atoms with E-state index in [9.17, 15) is 4.79 Å². The summed E-state index contributed by atoms with van der Waals surface area (Å²) in [6.45, 7) is 2.27. The Morgan fingerprint density at radius 3 is 2.73 bits per heavy atom. The van der Waals surface area contributed by atoms with Crippen LogP contribution in [0.3, 0.4) is 0 Å². The number of carbonyl (C=O) groups is 1. The minimum absolute atomic E-state index is 0.119. The van der Waals surface area contributed by atoms with E-state index in [0.29, 0.717) is 13.0 Å². The first kappa shape index (κ1) is 7.86. The van der Waals surface area contributed by atoms with Gasteiger partial charge in [-0.05, 0) is 13.3 Å². The number of likely N-dealkylation sites (tertiary alicyclic amines) is 1. The quantitative estimate of drug-likeness (QED) is 0.563. The number of hydrogen-bond donors (Lipinski definition) is 1. The highest BCUT2D eigenvalue weighted by Gasteiger charge is 2.33. The van der Waals surface area contributed by atoms with Crippen molar-refractivity contribution in [1.29, 1.82) is 5.26 Å². The molecular weight excluding hydrogens is 144 g/mol. The molecule has 1 N–H and O–H groups in total. The Bertz CT molecular complexity index is 209. The highest BCUT2D eigenvalue weighted by Crippen LogP contribution is 2.22. The molecule has 0 saturated carbocycles. The molecule has 1 rings (SSSR count). The maximum absolute atomic E-state index is 10.5. The molecule has 0 aromatic carbocycles. The largest absolute Gasteiger partial charge is 0.465 e. The van der Waals surface area contributed by atoms with E-state index < -0.39 is 6.09 Å². The van der Waals surface area contributed by atoms with Gasteiger partial charge in [0.2, 0.25) is 0 Å². The van der Waals surface area contributed by atoms with Crippen molar-refractivity contribution in [3.63, 3.8) is 0 Å². The zero-order valence-corrected chi connectivity index (χ0v) is 6.32. The van der Waals surface area contributed by atoms with E-state index in [1.807, 2.05) is 0 Å². The van der Waals surface area contributed by atoms with Gasteiger partial charge in [-0.25, -0.2) is 4.79 Å². The highest BCUT2D eigenvalue weighted by molar-refractivity contribution is 5.65. The summed E-state index contributed by atoms with van der Waals surface area (Å²) in [5.74, 6) is -0.119. The van der Waals surface area contributed by atoms with E-state index in [0.717, 1.165) is 0 Å². The van der Waals surface area contributed by atoms with Crippen LogP contribution in [0.1, 0.15) is 13.3 Å². The fourth-order valence-corrected chi connectivity index (χ4v) is 1.38. The molecule has 0 spiro atoms. The van der Waals surface area contributed by atoms with Crippen LogP contribution in [0, 0.1) is 17.2 Å². The summed E-state index contributed by atoms with van der Waals surface area (Å²) < 4.78 is 0. The molecule has 1 amide bonds. The van der Waals surface area contributed by atoms with Gasteiger partial charge in [0.1, 0.15) is 0 Å². The Hall–Kier alpha value is -1.24. The molecule has 0 aromatic heterocycles. The number of nitriles is 1. The monoisotopic (exact) mass is 154 g/mol. The Morgan fingerprint density at radius 1 is 1.82 bits per heavy atom. The summed E-state index contributed by atoms with van der Waals surface area (Å²) in [4.78, 5) is 11.8. The van der Waals surface area contributed by atoms with Crippen LogP contribution in [0.4, 0.5) is 4.79 Å². The van der Waals surface area contributed by atoms with Crippen molar-refractivity contribution in [2.24, 2.45) is 5.92 Å². The summed E-state index contributed by atoms with van der Waals surface area (Å²) in [5.41, 5.74) is 0. The van der Waals surface area contributed by atoms with Gasteiger partial charge in [0.05, 0.1) is 12.0 Å². The Balaban J connectivity index is 2.64. The van der Waals surface area contributed by atoms with Crippen LogP contribution in [0.2, 0.25) is 0 Å². The minimum Gasteiger partial charge on any atom is -0.465 e. The summed E-state index contributed by atoms with van der Waals surface area (Å²) in [7, 11) is 0. The molecule has 0 bridgehead atoms. The fraction of sp³-hybridized carbons (Fsp3) is 0.714. The third-order valence-electron chi connectivity index (χ3n) is 2.17. The van der Waals surface area contributed by atoms with Gasteiger partial charge in [-0.2, -0.15) is 5.26 Å². The number of nitrogens with zero attached hydrogens (tertiary/aromatic N) is 2. The molecule has 60 valence electrons. The predicted molar refractivity (Wildman–Crippen MR) is 37.9 cm³/mol. The van der Waals surface area contributed by atoms with Crippen molar-refractivity contribution in [1.82, 2.24) is 4.90 Å². The van der Waals surface area contributed by atoms with Gasteiger partial charge in [-0.15, -0.1) is 0 Å². The van der Waals surface area contributed by atoms with E-state index in [1.54, 1.807) is 6.92 Å². The molecule has 1 aliphatic heterocycles. The molecule has 0 aromatic rings. The zero-order chi connectivity index (χ0) is 8.43. The van der Waals surface area contributed by atoms with Gasteiger partial charge in [-0.3, -0.25) is 0 Å². The number of hydrogen-bond acceptors (Lipinski definition) is 2. The Labute approximate surface area is 65.0 Å². The minimum atomic E-state index is -0.921. The van der Waals surface area contributed by atoms with Gasteiger partial charge in [-0.1, -0.05) is 0 Å². The van der Waals surface area contributed by atoms with E-state index in [1.165, 1.54) is 4.90 Å².